The average Bonchev–Trinajstić information content (AvgIpc) is 2.36. The zero-order valence-corrected chi connectivity index (χ0v) is 8.85. The highest BCUT2D eigenvalue weighted by atomic mass is 16.3. The van der Waals surface area contributed by atoms with Crippen molar-refractivity contribution in [3.8, 4) is 6.07 Å². The Morgan fingerprint density at radius 2 is 2.12 bits per heavy atom. The quantitative estimate of drug-likeness (QED) is 0.622. The molecule has 0 saturated heterocycles. The van der Waals surface area contributed by atoms with Gasteiger partial charge in [-0.1, -0.05) is 18.2 Å². The van der Waals surface area contributed by atoms with Crippen LogP contribution in [-0.4, -0.2) is 22.9 Å². The molecule has 0 spiro atoms. The highest BCUT2D eigenvalue weighted by molar-refractivity contribution is 5.35. The number of hydrogen-bond donors (Lipinski definition) is 3. The first-order valence-corrected chi connectivity index (χ1v) is 5.30. The fraction of sp³-hybridized carbons (Fsp3) is 0.417. The molecule has 84 valence electrons. The maximum Gasteiger partial charge on any atom is 0.170 e. The van der Waals surface area contributed by atoms with Crippen LogP contribution >= 0.6 is 0 Å². The van der Waals surface area contributed by atoms with Crippen LogP contribution in [0.2, 0.25) is 0 Å². The number of rotatable bonds is 2. The molecule has 16 heavy (non-hydrogen) atoms. The first-order chi connectivity index (χ1) is 7.72. The summed E-state index contributed by atoms with van der Waals surface area (Å²) in [5, 5.41) is 30.7. The molecule has 1 heterocycles. The van der Waals surface area contributed by atoms with E-state index >= 15 is 0 Å². The number of benzene rings is 1. The molecule has 0 amide bonds. The van der Waals surface area contributed by atoms with Crippen LogP contribution in [0, 0.1) is 11.3 Å². The summed E-state index contributed by atoms with van der Waals surface area (Å²) < 4.78 is 0. The molecule has 0 aliphatic carbocycles. The molecule has 1 aromatic rings. The molecule has 4 nitrogen and oxygen atoms in total. The number of nitrogens with one attached hydrogen (secondary N) is 1. The molecule has 1 aliphatic heterocycles. The van der Waals surface area contributed by atoms with Gasteiger partial charge in [0.2, 0.25) is 0 Å². The monoisotopic (exact) mass is 218 g/mol. The van der Waals surface area contributed by atoms with Gasteiger partial charge in [-0.25, -0.2) is 0 Å². The summed E-state index contributed by atoms with van der Waals surface area (Å²) in [4.78, 5) is 0. The predicted octanol–water partition coefficient (Wildman–Crippen LogP) is 0.250. The van der Waals surface area contributed by atoms with E-state index in [9.17, 15) is 10.2 Å². The highest BCUT2D eigenvalue weighted by Gasteiger charge is 2.19. The maximum absolute atomic E-state index is 9.70. The average molecular weight is 218 g/mol. The number of nitriles is 1. The van der Waals surface area contributed by atoms with Gasteiger partial charge in [0.25, 0.3) is 0 Å². The van der Waals surface area contributed by atoms with Gasteiger partial charge in [-0.2, -0.15) is 5.26 Å². The number of hydrogen-bond acceptors (Lipinski definition) is 4. The minimum Gasteiger partial charge on any atom is -0.385 e. The van der Waals surface area contributed by atoms with Crippen LogP contribution in [0.4, 0.5) is 0 Å². The number of aliphatic hydroxyl groups excluding tert-OH is 2. The predicted molar refractivity (Wildman–Crippen MR) is 58.4 cm³/mol. The van der Waals surface area contributed by atoms with E-state index in [1.165, 1.54) is 5.56 Å². The Hall–Kier alpha value is -1.41. The van der Waals surface area contributed by atoms with Crippen LogP contribution < -0.4 is 5.32 Å². The second kappa shape index (κ2) is 4.62. The third-order valence-corrected chi connectivity index (χ3v) is 2.89. The van der Waals surface area contributed by atoms with Gasteiger partial charge in [0.05, 0.1) is 6.07 Å². The Bertz CT molecular complexity index is 426. The van der Waals surface area contributed by atoms with E-state index in [2.05, 4.69) is 5.32 Å². The summed E-state index contributed by atoms with van der Waals surface area (Å²) in [7, 11) is 0. The largest absolute Gasteiger partial charge is 0.385 e. The summed E-state index contributed by atoms with van der Waals surface area (Å²) in [6.07, 6.45) is -1.51. The summed E-state index contributed by atoms with van der Waals surface area (Å²) in [5.41, 5.74) is 2.99. The van der Waals surface area contributed by atoms with Gasteiger partial charge in [-0.05, 0) is 29.7 Å². The molecule has 2 unspecified atom stereocenters. The van der Waals surface area contributed by atoms with E-state index in [-0.39, 0.29) is 0 Å². The first kappa shape index (κ1) is 11.1. The van der Waals surface area contributed by atoms with E-state index in [0.29, 0.717) is 5.56 Å². The molecule has 3 N–H and O–H groups in total. The standard InChI is InChI=1S/C12H14N2O2/c13-6-11(15)12(16)9-2-1-8-3-4-14-7-10(8)5-9/h1-2,5,11-12,14-16H,3-4,7H2. The SMILES string of the molecule is N#CC(O)C(O)c1ccc2c(c1)CNCC2. The lowest BCUT2D eigenvalue weighted by Gasteiger charge is -2.20. The zero-order chi connectivity index (χ0) is 11.5. The van der Waals surface area contributed by atoms with Crippen LogP contribution in [0.15, 0.2) is 18.2 Å². The van der Waals surface area contributed by atoms with Crippen molar-refractivity contribution in [3.63, 3.8) is 0 Å². The molecular formula is C12H14N2O2. The second-order valence-corrected chi connectivity index (χ2v) is 3.97. The number of fused-ring (bicyclic) bond motifs is 1. The van der Waals surface area contributed by atoms with Crippen LogP contribution in [0.5, 0.6) is 0 Å². The second-order valence-electron chi connectivity index (χ2n) is 3.97. The topological polar surface area (TPSA) is 76.3 Å². The van der Waals surface area contributed by atoms with Crippen molar-refractivity contribution in [1.82, 2.24) is 5.32 Å². The smallest absolute Gasteiger partial charge is 0.170 e. The fourth-order valence-corrected chi connectivity index (χ4v) is 1.94. The Balaban J connectivity index is 2.27. The van der Waals surface area contributed by atoms with Crippen molar-refractivity contribution >= 4 is 0 Å². The lowest BCUT2D eigenvalue weighted by atomic mass is 9.95. The summed E-state index contributed by atoms with van der Waals surface area (Å²) in [6.45, 7) is 1.74. The first-order valence-electron chi connectivity index (χ1n) is 5.30. The molecular weight excluding hydrogens is 204 g/mol. The van der Waals surface area contributed by atoms with Gasteiger partial charge in [-0.15, -0.1) is 0 Å². The molecule has 1 aromatic carbocycles. The third-order valence-electron chi connectivity index (χ3n) is 2.89. The van der Waals surface area contributed by atoms with E-state index in [4.69, 9.17) is 5.26 Å². The summed E-state index contributed by atoms with van der Waals surface area (Å²) in [5.74, 6) is 0. The van der Waals surface area contributed by atoms with E-state index in [0.717, 1.165) is 25.1 Å². The zero-order valence-electron chi connectivity index (χ0n) is 8.85. The van der Waals surface area contributed by atoms with Crippen molar-refractivity contribution < 1.29 is 10.2 Å². The van der Waals surface area contributed by atoms with Gasteiger partial charge in [0.15, 0.2) is 6.10 Å². The molecule has 0 saturated carbocycles. The summed E-state index contributed by atoms with van der Waals surface area (Å²) in [6, 6.07) is 7.22. The fourth-order valence-electron chi connectivity index (χ4n) is 1.94. The minimum absolute atomic E-state index is 0.594. The van der Waals surface area contributed by atoms with Crippen molar-refractivity contribution in [1.29, 1.82) is 5.26 Å². The van der Waals surface area contributed by atoms with Gasteiger partial charge in [-0.3, -0.25) is 0 Å². The molecule has 0 bridgehead atoms. The van der Waals surface area contributed by atoms with Crippen LogP contribution in [0.3, 0.4) is 0 Å². The van der Waals surface area contributed by atoms with Crippen molar-refractivity contribution in [2.45, 2.75) is 25.2 Å². The highest BCUT2D eigenvalue weighted by Crippen LogP contribution is 2.22. The van der Waals surface area contributed by atoms with Crippen LogP contribution in [-0.2, 0) is 13.0 Å². The lowest BCUT2D eigenvalue weighted by molar-refractivity contribution is 0.0527. The van der Waals surface area contributed by atoms with E-state index in [1.807, 2.05) is 12.1 Å². The van der Waals surface area contributed by atoms with Gasteiger partial charge >= 0.3 is 0 Å². The van der Waals surface area contributed by atoms with Gasteiger partial charge in [0.1, 0.15) is 6.10 Å². The molecule has 2 atom stereocenters. The van der Waals surface area contributed by atoms with E-state index < -0.39 is 12.2 Å². The van der Waals surface area contributed by atoms with E-state index in [1.54, 1.807) is 12.1 Å². The summed E-state index contributed by atoms with van der Waals surface area (Å²) >= 11 is 0. The number of nitrogens with zero attached hydrogens (tertiary/aromatic N) is 1. The normalized spacial score (nSPS) is 18.3. The van der Waals surface area contributed by atoms with Crippen LogP contribution in [0.25, 0.3) is 0 Å². The Morgan fingerprint density at radius 1 is 1.31 bits per heavy atom. The lowest BCUT2D eigenvalue weighted by Crippen LogP contribution is -2.24. The molecule has 2 rings (SSSR count). The van der Waals surface area contributed by atoms with Crippen molar-refractivity contribution in [3.05, 3.63) is 34.9 Å². The Morgan fingerprint density at radius 3 is 2.88 bits per heavy atom. The van der Waals surface area contributed by atoms with Crippen LogP contribution in [0.1, 0.15) is 22.8 Å². The van der Waals surface area contributed by atoms with Crippen molar-refractivity contribution in [2.75, 3.05) is 6.54 Å². The number of aliphatic hydroxyl groups is 2. The minimum atomic E-state index is -1.37. The Labute approximate surface area is 94.1 Å². The maximum atomic E-state index is 9.70. The van der Waals surface area contributed by atoms with Gasteiger partial charge in [0, 0.05) is 6.54 Å². The molecule has 0 aromatic heterocycles. The molecule has 0 radical (unpaired) electrons. The van der Waals surface area contributed by atoms with Gasteiger partial charge < -0.3 is 15.5 Å². The van der Waals surface area contributed by atoms with Crippen molar-refractivity contribution in [2.24, 2.45) is 0 Å². The molecule has 4 heteroatoms. The molecule has 0 fully saturated rings. The Kier molecular flexibility index (Phi) is 3.20. The molecule has 1 aliphatic rings. The third kappa shape index (κ3) is 2.07.